The molecule has 0 radical (unpaired) electrons. The first-order valence-electron chi connectivity index (χ1n) is 8.93. The third-order valence-corrected chi connectivity index (χ3v) is 5.47. The first kappa shape index (κ1) is 20.9. The number of esters is 1. The summed E-state index contributed by atoms with van der Waals surface area (Å²) in [5, 5.41) is 1.14. The van der Waals surface area contributed by atoms with E-state index in [1.54, 1.807) is 12.1 Å². The molecule has 0 bridgehead atoms. The lowest BCUT2D eigenvalue weighted by molar-refractivity contribution is -0.129. The van der Waals surface area contributed by atoms with Crippen molar-refractivity contribution in [1.82, 2.24) is 0 Å². The lowest BCUT2D eigenvalue weighted by Crippen LogP contribution is -2.06. The van der Waals surface area contributed by atoms with Crippen molar-refractivity contribution >= 4 is 63.7 Å². The minimum Gasteiger partial charge on any atom is -0.489 e. The lowest BCUT2D eigenvalue weighted by atomic mass is 10.2. The number of aliphatic imine (C=N–C) groups is 1. The Kier molecular flexibility index (Phi) is 6.41. The molecule has 0 aromatic heterocycles. The summed E-state index contributed by atoms with van der Waals surface area (Å²) in [6.45, 7) is 0.385. The number of carbonyl (C=O) groups is 1. The van der Waals surface area contributed by atoms with E-state index in [9.17, 15) is 4.79 Å². The van der Waals surface area contributed by atoms with Crippen LogP contribution in [0.25, 0.3) is 6.08 Å². The summed E-state index contributed by atoms with van der Waals surface area (Å²) in [6.07, 6.45) is 1.66. The molecule has 7 heteroatoms. The van der Waals surface area contributed by atoms with Crippen LogP contribution in [0.4, 0.5) is 0 Å². The number of carbonyl (C=O) groups excluding carboxylic acids is 1. The van der Waals surface area contributed by atoms with E-state index in [0.29, 0.717) is 28.0 Å². The zero-order valence-corrected chi connectivity index (χ0v) is 19.1. The van der Waals surface area contributed by atoms with Crippen LogP contribution in [0.3, 0.4) is 0 Å². The molecule has 1 aliphatic rings. The van der Waals surface area contributed by atoms with Crippen molar-refractivity contribution in [3.63, 3.8) is 0 Å². The number of hydrogen-bond donors (Lipinski definition) is 0. The minimum absolute atomic E-state index is 0.197. The van der Waals surface area contributed by atoms with Gasteiger partial charge in [-0.25, -0.2) is 9.79 Å². The molecule has 0 amide bonds. The largest absolute Gasteiger partial charge is 0.489 e. The highest BCUT2D eigenvalue weighted by atomic mass is 127. The summed E-state index contributed by atoms with van der Waals surface area (Å²) in [7, 11) is 0. The summed E-state index contributed by atoms with van der Waals surface area (Å²) in [5.74, 6) is 0.342. The third kappa shape index (κ3) is 5.03. The molecule has 3 aromatic rings. The van der Waals surface area contributed by atoms with E-state index in [0.717, 1.165) is 14.7 Å². The summed E-state index contributed by atoms with van der Waals surface area (Å²) in [5.41, 5.74) is 2.52. The van der Waals surface area contributed by atoms with Crippen LogP contribution in [0, 0.1) is 3.57 Å². The highest BCUT2D eigenvalue weighted by Crippen LogP contribution is 2.26. The van der Waals surface area contributed by atoms with E-state index < -0.39 is 5.97 Å². The number of rotatable bonds is 5. The highest BCUT2D eigenvalue weighted by Gasteiger charge is 2.25. The average Bonchev–Trinajstić information content (AvgIpc) is 3.09. The predicted molar refractivity (Wildman–Crippen MR) is 127 cm³/mol. The fourth-order valence-corrected chi connectivity index (χ4v) is 3.73. The standard InChI is InChI=1S/C23H14Cl2INO3/c24-16-5-1-4-15(9-16)13-29-18-6-2-3-14(10-18)11-21-23(28)30-22(27-21)19-12-17(26)7-8-20(19)25/h1-12H,13H2/b21-11-. The molecule has 1 aliphatic heterocycles. The van der Waals surface area contributed by atoms with Crippen molar-refractivity contribution in [2.24, 2.45) is 4.99 Å². The summed E-state index contributed by atoms with van der Waals surface area (Å²) < 4.78 is 12.1. The van der Waals surface area contributed by atoms with Crippen LogP contribution in [0.2, 0.25) is 10.0 Å². The van der Waals surface area contributed by atoms with E-state index in [1.165, 1.54) is 0 Å². The normalized spacial score (nSPS) is 14.6. The average molecular weight is 550 g/mol. The number of hydrogen-bond acceptors (Lipinski definition) is 4. The van der Waals surface area contributed by atoms with Gasteiger partial charge in [-0.2, -0.15) is 0 Å². The maximum Gasteiger partial charge on any atom is 0.363 e. The first-order chi connectivity index (χ1) is 14.5. The highest BCUT2D eigenvalue weighted by molar-refractivity contribution is 14.1. The van der Waals surface area contributed by atoms with Gasteiger partial charge >= 0.3 is 5.97 Å². The molecule has 30 heavy (non-hydrogen) atoms. The van der Waals surface area contributed by atoms with E-state index in [1.807, 2.05) is 60.7 Å². The molecular weight excluding hydrogens is 536 g/mol. The number of ether oxygens (including phenoxy) is 2. The van der Waals surface area contributed by atoms with Gasteiger partial charge in [0.1, 0.15) is 12.4 Å². The minimum atomic E-state index is -0.523. The van der Waals surface area contributed by atoms with Crippen molar-refractivity contribution in [1.29, 1.82) is 0 Å². The molecule has 0 saturated carbocycles. The number of cyclic esters (lactones) is 1. The molecule has 0 atom stereocenters. The van der Waals surface area contributed by atoms with Gasteiger partial charge in [-0.1, -0.05) is 47.5 Å². The maximum absolute atomic E-state index is 12.3. The Morgan fingerprint density at radius 1 is 1.03 bits per heavy atom. The van der Waals surface area contributed by atoms with Crippen LogP contribution < -0.4 is 4.74 Å². The quantitative estimate of drug-likeness (QED) is 0.207. The van der Waals surface area contributed by atoms with Gasteiger partial charge in [0.15, 0.2) is 5.70 Å². The van der Waals surface area contributed by atoms with Crippen molar-refractivity contribution in [3.05, 3.63) is 103 Å². The Balaban J connectivity index is 1.54. The molecule has 0 fully saturated rings. The first-order valence-corrected chi connectivity index (χ1v) is 10.8. The third-order valence-electron chi connectivity index (χ3n) is 4.24. The molecular formula is C23H14Cl2INO3. The van der Waals surface area contributed by atoms with E-state index in [2.05, 4.69) is 27.6 Å². The number of benzene rings is 3. The number of nitrogens with zero attached hydrogens (tertiary/aromatic N) is 1. The second-order valence-corrected chi connectivity index (χ2v) is 8.54. The smallest absolute Gasteiger partial charge is 0.363 e. The fourth-order valence-electron chi connectivity index (χ4n) is 2.83. The van der Waals surface area contributed by atoms with E-state index in [-0.39, 0.29) is 11.6 Å². The van der Waals surface area contributed by atoms with Crippen LogP contribution in [0.1, 0.15) is 16.7 Å². The summed E-state index contributed by atoms with van der Waals surface area (Å²) >= 11 is 14.4. The molecule has 150 valence electrons. The molecule has 3 aromatic carbocycles. The van der Waals surface area contributed by atoms with E-state index in [4.69, 9.17) is 32.7 Å². The Labute approximate surface area is 197 Å². The van der Waals surface area contributed by atoms with Crippen LogP contribution >= 0.6 is 45.8 Å². The summed E-state index contributed by atoms with van der Waals surface area (Å²) in [4.78, 5) is 16.6. The van der Waals surface area contributed by atoms with Crippen molar-refractivity contribution < 1.29 is 14.3 Å². The monoisotopic (exact) mass is 549 g/mol. The molecule has 4 nitrogen and oxygen atoms in total. The Bertz CT molecular complexity index is 1190. The molecule has 4 rings (SSSR count). The lowest BCUT2D eigenvalue weighted by Gasteiger charge is -2.07. The van der Waals surface area contributed by atoms with Gasteiger partial charge in [-0.3, -0.25) is 0 Å². The van der Waals surface area contributed by atoms with Crippen molar-refractivity contribution in [3.8, 4) is 5.75 Å². The molecule has 0 spiro atoms. The van der Waals surface area contributed by atoms with Gasteiger partial charge < -0.3 is 9.47 Å². The second-order valence-electron chi connectivity index (χ2n) is 6.45. The second kappa shape index (κ2) is 9.20. The molecule has 0 saturated heterocycles. The van der Waals surface area contributed by atoms with Crippen LogP contribution in [-0.2, 0) is 16.1 Å². The van der Waals surface area contributed by atoms with E-state index >= 15 is 0 Å². The zero-order valence-electron chi connectivity index (χ0n) is 15.4. The van der Waals surface area contributed by atoms with Crippen LogP contribution in [0.5, 0.6) is 5.75 Å². The Morgan fingerprint density at radius 3 is 2.70 bits per heavy atom. The SMILES string of the molecule is O=C1OC(c2cc(I)ccc2Cl)=N/C1=C\c1cccc(OCc2cccc(Cl)c2)c1. The fraction of sp³-hybridized carbons (Fsp3) is 0.0435. The molecule has 0 unspecified atom stereocenters. The van der Waals surface area contributed by atoms with Crippen molar-refractivity contribution in [2.75, 3.05) is 0 Å². The van der Waals surface area contributed by atoms with Gasteiger partial charge in [0.2, 0.25) is 5.90 Å². The molecule has 0 N–H and O–H groups in total. The maximum atomic E-state index is 12.3. The molecule has 0 aliphatic carbocycles. The van der Waals surface area contributed by atoms with Crippen LogP contribution in [-0.4, -0.2) is 11.9 Å². The van der Waals surface area contributed by atoms with Gasteiger partial charge in [0.05, 0.1) is 10.6 Å². The van der Waals surface area contributed by atoms with Gasteiger partial charge in [0, 0.05) is 8.59 Å². The molecule has 1 heterocycles. The van der Waals surface area contributed by atoms with Crippen LogP contribution in [0.15, 0.2) is 77.4 Å². The number of halogens is 3. The topological polar surface area (TPSA) is 47.9 Å². The van der Waals surface area contributed by atoms with Gasteiger partial charge in [0.25, 0.3) is 0 Å². The summed E-state index contributed by atoms with van der Waals surface area (Å²) in [6, 6.07) is 20.3. The predicted octanol–water partition coefficient (Wildman–Crippen LogP) is 6.52. The van der Waals surface area contributed by atoms with Gasteiger partial charge in [-0.15, -0.1) is 0 Å². The zero-order chi connectivity index (χ0) is 21.1. The Hall–Kier alpha value is -2.35. The van der Waals surface area contributed by atoms with Gasteiger partial charge in [-0.05, 0) is 82.3 Å². The van der Waals surface area contributed by atoms with Crippen molar-refractivity contribution in [2.45, 2.75) is 6.61 Å². The Morgan fingerprint density at radius 2 is 1.87 bits per heavy atom.